The van der Waals surface area contributed by atoms with Crippen molar-refractivity contribution in [3.05, 3.63) is 102 Å². The average Bonchev–Trinajstić information content (AvgIpc) is 3.91. The molecule has 0 spiro atoms. The molecule has 63 heavy (non-hydrogen) atoms. The number of rotatable bonds is 16. The van der Waals surface area contributed by atoms with Crippen LogP contribution in [0.2, 0.25) is 0 Å². The maximum atomic E-state index is 6.11. The summed E-state index contributed by atoms with van der Waals surface area (Å²) in [7, 11) is 0. The van der Waals surface area contributed by atoms with E-state index in [2.05, 4.69) is 95.5 Å². The second-order valence-corrected chi connectivity index (χ2v) is 15.3. The van der Waals surface area contributed by atoms with Gasteiger partial charge in [-0.1, -0.05) is 25.5 Å². The number of hydrogen-bond acceptors (Lipinski definition) is 16. The predicted octanol–water partition coefficient (Wildman–Crippen LogP) is 8.88. The average molecular weight is 849 g/mol. The van der Waals surface area contributed by atoms with Crippen molar-refractivity contribution < 1.29 is 18.9 Å². The lowest BCUT2D eigenvalue weighted by atomic mass is 9.80. The van der Waals surface area contributed by atoms with Crippen LogP contribution in [0.3, 0.4) is 0 Å². The summed E-state index contributed by atoms with van der Waals surface area (Å²) < 4.78 is 23.2. The van der Waals surface area contributed by atoms with Crippen molar-refractivity contribution in [2.45, 2.75) is 53.9 Å². The SMILES string of the molecule is CCOc1nc(N)cc(Oc2ccc(-c3nc(N=C4C=C(CCCOc5nc(N)cc(Oc6ccc(-c7nc(Nc8cc(C)cc(C)c8)n[nH]7)cc6)n5)C(C)CC4C)n[nH]3)cc2)n1. The Hall–Kier alpha value is -7.89. The fraction of sp³-hybridized carbons (Fsp3) is 0.267. The third-order valence-electron chi connectivity index (χ3n) is 10.1. The Kier molecular flexibility index (Phi) is 12.5. The molecule has 1 aliphatic rings. The molecular weight excluding hydrogens is 801 g/mol. The fourth-order valence-corrected chi connectivity index (χ4v) is 7.16. The van der Waals surface area contributed by atoms with Crippen LogP contribution < -0.4 is 35.7 Å². The highest BCUT2D eigenvalue weighted by atomic mass is 16.5. The van der Waals surface area contributed by atoms with Gasteiger partial charge in [0.25, 0.3) is 5.95 Å². The lowest BCUT2D eigenvalue weighted by Crippen LogP contribution is -2.21. The number of nitrogens with two attached hydrogens (primary N) is 2. The Balaban J connectivity index is 0.838. The van der Waals surface area contributed by atoms with E-state index in [-0.39, 0.29) is 41.3 Å². The van der Waals surface area contributed by atoms with E-state index in [9.17, 15) is 0 Å². The van der Waals surface area contributed by atoms with Gasteiger partial charge in [0.15, 0.2) is 11.6 Å². The second kappa shape index (κ2) is 18.8. The maximum Gasteiger partial charge on any atom is 0.321 e. The summed E-state index contributed by atoms with van der Waals surface area (Å²) in [5.74, 6) is 4.81. The number of hydrogen-bond donors (Lipinski definition) is 5. The largest absolute Gasteiger partial charge is 0.464 e. The van der Waals surface area contributed by atoms with Gasteiger partial charge in [-0.25, -0.2) is 4.99 Å². The van der Waals surface area contributed by atoms with Gasteiger partial charge < -0.3 is 35.7 Å². The molecule has 3 aromatic carbocycles. The molecule has 0 aliphatic heterocycles. The van der Waals surface area contributed by atoms with Crippen LogP contribution in [0, 0.1) is 25.7 Å². The first-order chi connectivity index (χ1) is 30.5. The summed E-state index contributed by atoms with van der Waals surface area (Å²) in [6.45, 7) is 11.2. The van der Waals surface area contributed by atoms with Crippen molar-refractivity contribution >= 4 is 34.9 Å². The van der Waals surface area contributed by atoms with Gasteiger partial charge in [0, 0.05) is 34.7 Å². The van der Waals surface area contributed by atoms with Crippen LogP contribution in [-0.2, 0) is 0 Å². The summed E-state index contributed by atoms with van der Waals surface area (Å²) >= 11 is 0. The molecule has 0 radical (unpaired) electrons. The summed E-state index contributed by atoms with van der Waals surface area (Å²) in [5.41, 5.74) is 19.1. The Morgan fingerprint density at radius 1 is 0.698 bits per heavy atom. The molecular formula is C45H48N14O4. The number of nitrogens with zero attached hydrogens (tertiary/aromatic N) is 9. The number of anilines is 4. The number of nitrogen functional groups attached to an aromatic ring is 2. The number of aryl methyl sites for hydroxylation is 2. The molecule has 0 amide bonds. The highest BCUT2D eigenvalue weighted by Crippen LogP contribution is 2.32. The minimum Gasteiger partial charge on any atom is -0.464 e. The van der Waals surface area contributed by atoms with E-state index < -0.39 is 0 Å². The molecule has 0 bridgehead atoms. The summed E-state index contributed by atoms with van der Waals surface area (Å²) in [5, 5.41) is 17.9. The first-order valence-corrected chi connectivity index (χ1v) is 20.6. The lowest BCUT2D eigenvalue weighted by Gasteiger charge is -2.26. The van der Waals surface area contributed by atoms with Crippen LogP contribution in [0.5, 0.6) is 35.3 Å². The number of aliphatic imine (C=N–C) groups is 1. The number of aromatic nitrogens is 10. The molecule has 0 saturated heterocycles. The Labute approximate surface area is 363 Å². The van der Waals surface area contributed by atoms with Crippen LogP contribution >= 0.6 is 0 Å². The third-order valence-corrected chi connectivity index (χ3v) is 10.1. The van der Waals surface area contributed by atoms with E-state index in [0.717, 1.165) is 52.9 Å². The molecule has 2 unspecified atom stereocenters. The van der Waals surface area contributed by atoms with Gasteiger partial charge in [-0.2, -0.15) is 29.9 Å². The Morgan fingerprint density at radius 3 is 1.90 bits per heavy atom. The van der Waals surface area contributed by atoms with Gasteiger partial charge in [-0.05, 0) is 130 Å². The number of nitrogens with one attached hydrogen (secondary N) is 3. The molecule has 4 heterocycles. The smallest absolute Gasteiger partial charge is 0.321 e. The van der Waals surface area contributed by atoms with Gasteiger partial charge in [-0.3, -0.25) is 10.2 Å². The highest BCUT2D eigenvalue weighted by molar-refractivity contribution is 5.99. The summed E-state index contributed by atoms with van der Waals surface area (Å²) in [4.78, 5) is 31.1. The molecule has 4 aromatic heterocycles. The van der Waals surface area contributed by atoms with E-state index in [0.29, 0.717) is 54.2 Å². The molecule has 322 valence electrons. The van der Waals surface area contributed by atoms with Gasteiger partial charge in [0.1, 0.15) is 23.1 Å². The molecule has 1 aliphatic carbocycles. The van der Waals surface area contributed by atoms with Crippen molar-refractivity contribution in [2.24, 2.45) is 16.8 Å². The molecule has 18 nitrogen and oxygen atoms in total. The minimum absolute atomic E-state index is 0.142. The first kappa shape index (κ1) is 41.8. The molecule has 7 N–H and O–H groups in total. The molecule has 8 rings (SSSR count). The van der Waals surface area contributed by atoms with E-state index in [1.165, 1.54) is 11.6 Å². The molecule has 7 aromatic rings. The number of ether oxygens (including phenoxy) is 4. The zero-order chi connectivity index (χ0) is 43.9. The summed E-state index contributed by atoms with van der Waals surface area (Å²) in [6, 6.07) is 24.4. The monoisotopic (exact) mass is 848 g/mol. The van der Waals surface area contributed by atoms with Crippen LogP contribution in [0.4, 0.5) is 29.2 Å². The van der Waals surface area contributed by atoms with Gasteiger partial charge in [0.2, 0.25) is 17.7 Å². The number of H-pyrrole nitrogens is 2. The van der Waals surface area contributed by atoms with E-state index in [1.54, 1.807) is 18.2 Å². The topological polar surface area (TPSA) is 248 Å². The van der Waals surface area contributed by atoms with E-state index in [1.807, 2.05) is 55.5 Å². The minimum atomic E-state index is 0.142. The second-order valence-electron chi connectivity index (χ2n) is 15.3. The normalized spacial score (nSPS) is 15.5. The fourth-order valence-electron chi connectivity index (χ4n) is 7.16. The lowest BCUT2D eigenvalue weighted by molar-refractivity contribution is 0.281. The van der Waals surface area contributed by atoms with Crippen LogP contribution in [0.25, 0.3) is 22.8 Å². The number of allylic oxidation sites excluding steroid dienone is 2. The molecule has 0 fully saturated rings. The molecule has 2 atom stereocenters. The van der Waals surface area contributed by atoms with Crippen LogP contribution in [-0.4, -0.2) is 69.2 Å². The molecule has 18 heteroatoms. The quantitative estimate of drug-likeness (QED) is 0.0570. The van der Waals surface area contributed by atoms with Crippen molar-refractivity contribution in [2.75, 3.05) is 30.0 Å². The van der Waals surface area contributed by atoms with E-state index in [4.69, 9.17) is 35.4 Å². The Morgan fingerprint density at radius 2 is 1.29 bits per heavy atom. The predicted molar refractivity (Wildman–Crippen MR) is 240 cm³/mol. The van der Waals surface area contributed by atoms with Crippen molar-refractivity contribution in [3.63, 3.8) is 0 Å². The zero-order valence-corrected chi connectivity index (χ0v) is 35.6. The standard InChI is InChI=1S/C45H48N14O4/c1-6-60-44-50-36(46)23-38(52-44)62-33-15-11-30(12-16-33)41-55-43(59-57-41)49-35-22-31(27(4)21-28(35)5)8-7-17-61-45-51-37(47)24-39(53-45)63-34-13-9-29(10-14-34)40-54-42(58-56-40)48-32-19-25(2)18-26(3)20-32/h9-16,18-20,22-24,27-28H,6-8,17,21H2,1-5H3,(H2,46,50,52)(H2,47,51,53)(H,55,57,59)(H2,48,54,56,58). The van der Waals surface area contributed by atoms with Gasteiger partial charge in [-0.15, -0.1) is 10.2 Å². The van der Waals surface area contributed by atoms with E-state index >= 15 is 0 Å². The summed E-state index contributed by atoms with van der Waals surface area (Å²) in [6.07, 6.45) is 4.66. The molecule has 0 saturated carbocycles. The van der Waals surface area contributed by atoms with Crippen molar-refractivity contribution in [1.29, 1.82) is 0 Å². The zero-order valence-electron chi connectivity index (χ0n) is 35.6. The first-order valence-electron chi connectivity index (χ1n) is 20.6. The van der Waals surface area contributed by atoms with Crippen molar-refractivity contribution in [3.8, 4) is 58.1 Å². The van der Waals surface area contributed by atoms with Crippen molar-refractivity contribution in [1.82, 2.24) is 50.3 Å². The van der Waals surface area contributed by atoms with Gasteiger partial charge in [0.05, 0.1) is 13.2 Å². The van der Waals surface area contributed by atoms with Crippen LogP contribution in [0.1, 0.15) is 51.2 Å². The third kappa shape index (κ3) is 10.9. The maximum absolute atomic E-state index is 6.11. The Bertz CT molecular complexity index is 2730. The van der Waals surface area contributed by atoms with Gasteiger partial charge >= 0.3 is 12.0 Å². The number of aromatic amines is 2. The number of benzene rings is 3. The van der Waals surface area contributed by atoms with Crippen LogP contribution in [0.15, 0.2) is 95.5 Å². The highest BCUT2D eigenvalue weighted by Gasteiger charge is 2.23.